The average Bonchev–Trinajstić information content (AvgIpc) is 3.59. The van der Waals surface area contributed by atoms with Crippen LogP contribution in [0.1, 0.15) is 41.5 Å². The Morgan fingerprint density at radius 1 is 1.18 bits per heavy atom. The van der Waals surface area contributed by atoms with Crippen LogP contribution < -0.4 is 5.32 Å². The van der Waals surface area contributed by atoms with E-state index in [9.17, 15) is 15.0 Å². The fourth-order valence-corrected chi connectivity index (χ4v) is 4.25. The van der Waals surface area contributed by atoms with Gasteiger partial charge in [-0.3, -0.25) is 0 Å². The molecule has 1 saturated carbocycles. The number of carboxylic acid groups (broad SMARTS) is 1. The van der Waals surface area contributed by atoms with Crippen LogP contribution in [0.2, 0.25) is 5.02 Å². The largest absolute Gasteiger partial charge is 0.507 e. The summed E-state index contributed by atoms with van der Waals surface area (Å²) in [6, 6.07) is 12.9. The number of fused-ring (bicyclic) bond motifs is 1. The normalized spacial score (nSPS) is 14.3. The number of carboxylic acids is 1. The van der Waals surface area contributed by atoms with Crippen molar-refractivity contribution < 1.29 is 15.0 Å². The Bertz CT molecular complexity index is 1400. The van der Waals surface area contributed by atoms with Gasteiger partial charge in [-0.15, -0.1) is 0 Å². The number of imidazole rings is 1. The zero-order chi connectivity index (χ0) is 24.0. The number of aromatic hydroxyl groups is 1. The number of nitrogens with one attached hydrogen (secondary N) is 1. The van der Waals surface area contributed by atoms with Gasteiger partial charge in [0.25, 0.3) is 0 Å². The number of hydrogen-bond acceptors (Lipinski definition) is 6. The van der Waals surface area contributed by atoms with Crippen molar-refractivity contribution in [3.8, 4) is 17.1 Å². The van der Waals surface area contributed by atoms with Crippen molar-refractivity contribution in [2.75, 3.05) is 5.32 Å². The van der Waals surface area contributed by atoms with E-state index in [1.54, 1.807) is 6.07 Å². The van der Waals surface area contributed by atoms with Crippen LogP contribution in [0.3, 0.4) is 0 Å². The monoisotopic (exact) mass is 477 g/mol. The van der Waals surface area contributed by atoms with Crippen LogP contribution in [0, 0.1) is 12.8 Å². The van der Waals surface area contributed by atoms with Crippen LogP contribution in [-0.2, 0) is 6.54 Å². The number of hydrogen-bond donors (Lipinski definition) is 3. The number of aromatic carboxylic acids is 1. The number of aromatic nitrogens is 4. The molecule has 1 fully saturated rings. The SMILES string of the molecule is Cc1ccc(O)c(-c2nc3nc(C(=O)O)nc(N[C@H](C)C4CC4)c3n2Cc2ccc(Cl)cc2)c1. The van der Waals surface area contributed by atoms with Gasteiger partial charge < -0.3 is 20.1 Å². The second kappa shape index (κ2) is 8.61. The third kappa shape index (κ3) is 4.28. The summed E-state index contributed by atoms with van der Waals surface area (Å²) in [5, 5.41) is 24.3. The Hall–Kier alpha value is -3.65. The van der Waals surface area contributed by atoms with Gasteiger partial charge in [-0.1, -0.05) is 35.4 Å². The predicted octanol–water partition coefficient (Wildman–Crippen LogP) is 5.12. The first-order valence-electron chi connectivity index (χ1n) is 11.1. The number of rotatable bonds is 7. The van der Waals surface area contributed by atoms with E-state index < -0.39 is 5.97 Å². The molecule has 2 aromatic heterocycles. The number of halogens is 1. The van der Waals surface area contributed by atoms with Crippen molar-refractivity contribution in [2.45, 2.75) is 39.3 Å². The Morgan fingerprint density at radius 2 is 1.91 bits per heavy atom. The molecule has 8 nitrogen and oxygen atoms in total. The summed E-state index contributed by atoms with van der Waals surface area (Å²) in [4.78, 5) is 25.0. The van der Waals surface area contributed by atoms with Crippen molar-refractivity contribution in [3.05, 3.63) is 64.4 Å². The average molecular weight is 478 g/mol. The summed E-state index contributed by atoms with van der Waals surface area (Å²) in [6.45, 7) is 4.40. The molecule has 0 amide bonds. The Kier molecular flexibility index (Phi) is 5.61. The molecule has 0 unspecified atom stereocenters. The molecule has 34 heavy (non-hydrogen) atoms. The number of benzene rings is 2. The Labute approximate surface area is 201 Å². The van der Waals surface area contributed by atoms with E-state index in [0.29, 0.717) is 40.2 Å². The first-order valence-corrected chi connectivity index (χ1v) is 11.5. The topological polar surface area (TPSA) is 113 Å². The summed E-state index contributed by atoms with van der Waals surface area (Å²) >= 11 is 6.08. The van der Waals surface area contributed by atoms with Crippen LogP contribution in [-0.4, -0.2) is 41.7 Å². The second-order valence-corrected chi connectivity index (χ2v) is 9.25. The molecule has 1 atom stereocenters. The fraction of sp³-hybridized carbons (Fsp3) is 0.280. The van der Waals surface area contributed by atoms with Crippen LogP contribution in [0.5, 0.6) is 5.75 Å². The minimum Gasteiger partial charge on any atom is -0.507 e. The van der Waals surface area contributed by atoms with Crippen LogP contribution >= 0.6 is 11.6 Å². The molecule has 0 bridgehead atoms. The predicted molar refractivity (Wildman–Crippen MR) is 130 cm³/mol. The van der Waals surface area contributed by atoms with Gasteiger partial charge in [-0.25, -0.2) is 19.7 Å². The third-order valence-corrected chi connectivity index (χ3v) is 6.39. The van der Waals surface area contributed by atoms with Gasteiger partial charge in [-0.05, 0) is 62.4 Å². The highest BCUT2D eigenvalue weighted by atomic mass is 35.5. The quantitative estimate of drug-likeness (QED) is 0.338. The van der Waals surface area contributed by atoms with Gasteiger partial charge in [0.1, 0.15) is 17.1 Å². The lowest BCUT2D eigenvalue weighted by atomic mass is 10.1. The standard InChI is InChI=1S/C25H24ClN5O3/c1-13-3-10-19(32)18(11-13)24-30-22-20(31(24)12-15-4-8-17(26)9-5-15)21(27-14(2)16-6-7-16)28-23(29-22)25(33)34/h3-5,8-11,14,16,32H,6-7,12H2,1-2H3,(H,33,34)(H,27,28,29)/t14-/m1/s1. The van der Waals surface area contributed by atoms with Gasteiger partial charge in [0.05, 0.1) is 5.56 Å². The molecular weight excluding hydrogens is 454 g/mol. The fourth-order valence-electron chi connectivity index (χ4n) is 4.12. The minimum absolute atomic E-state index is 0.0746. The maximum absolute atomic E-state index is 11.8. The number of anilines is 1. The number of carbonyl (C=O) groups is 1. The van der Waals surface area contributed by atoms with Crippen LogP contribution in [0.4, 0.5) is 5.82 Å². The van der Waals surface area contributed by atoms with Gasteiger partial charge in [0, 0.05) is 17.6 Å². The molecule has 1 aliphatic rings. The lowest BCUT2D eigenvalue weighted by Crippen LogP contribution is -2.20. The Morgan fingerprint density at radius 3 is 2.59 bits per heavy atom. The number of nitrogens with zero attached hydrogens (tertiary/aromatic N) is 4. The van der Waals surface area contributed by atoms with E-state index in [2.05, 4.69) is 22.2 Å². The summed E-state index contributed by atoms with van der Waals surface area (Å²) in [5.74, 6) is -0.0612. The number of phenols is 1. The second-order valence-electron chi connectivity index (χ2n) is 8.81. The van der Waals surface area contributed by atoms with E-state index in [1.807, 2.05) is 47.9 Å². The molecule has 174 valence electrons. The summed E-state index contributed by atoms with van der Waals surface area (Å²) in [7, 11) is 0. The van der Waals surface area contributed by atoms with Crippen LogP contribution in [0.25, 0.3) is 22.6 Å². The zero-order valence-electron chi connectivity index (χ0n) is 18.8. The minimum atomic E-state index is -1.23. The highest BCUT2D eigenvalue weighted by Crippen LogP contribution is 2.37. The molecular formula is C25H24ClN5O3. The van der Waals surface area contributed by atoms with Gasteiger partial charge in [-0.2, -0.15) is 0 Å². The summed E-state index contributed by atoms with van der Waals surface area (Å²) in [5.41, 5.74) is 3.28. The molecule has 0 radical (unpaired) electrons. The highest BCUT2D eigenvalue weighted by Gasteiger charge is 2.30. The molecule has 0 saturated heterocycles. The van der Waals surface area contributed by atoms with Crippen molar-refractivity contribution in [2.24, 2.45) is 5.92 Å². The van der Waals surface area contributed by atoms with Crippen molar-refractivity contribution in [1.82, 2.24) is 19.5 Å². The lowest BCUT2D eigenvalue weighted by Gasteiger charge is -2.17. The maximum atomic E-state index is 11.8. The van der Waals surface area contributed by atoms with E-state index in [4.69, 9.17) is 16.6 Å². The molecule has 3 N–H and O–H groups in total. The molecule has 0 spiro atoms. The molecule has 1 aliphatic carbocycles. The van der Waals surface area contributed by atoms with E-state index in [0.717, 1.165) is 24.0 Å². The molecule has 5 rings (SSSR count). The number of phenolic OH excluding ortho intramolecular Hbond substituents is 1. The van der Waals surface area contributed by atoms with E-state index in [-0.39, 0.29) is 23.3 Å². The first-order chi connectivity index (χ1) is 16.3. The van der Waals surface area contributed by atoms with E-state index >= 15 is 0 Å². The summed E-state index contributed by atoms with van der Waals surface area (Å²) in [6.07, 6.45) is 2.25. The van der Waals surface area contributed by atoms with Crippen molar-refractivity contribution in [3.63, 3.8) is 0 Å². The molecule has 2 heterocycles. The van der Waals surface area contributed by atoms with Gasteiger partial charge >= 0.3 is 5.97 Å². The maximum Gasteiger partial charge on any atom is 0.374 e. The molecule has 9 heteroatoms. The van der Waals surface area contributed by atoms with Crippen molar-refractivity contribution in [1.29, 1.82) is 0 Å². The summed E-state index contributed by atoms with van der Waals surface area (Å²) < 4.78 is 1.92. The molecule has 4 aromatic rings. The molecule has 0 aliphatic heterocycles. The zero-order valence-corrected chi connectivity index (χ0v) is 19.5. The third-order valence-electron chi connectivity index (χ3n) is 6.13. The van der Waals surface area contributed by atoms with Gasteiger partial charge in [0.15, 0.2) is 11.5 Å². The first kappa shape index (κ1) is 22.2. The smallest absolute Gasteiger partial charge is 0.374 e. The Balaban J connectivity index is 1.76. The highest BCUT2D eigenvalue weighted by molar-refractivity contribution is 6.30. The lowest BCUT2D eigenvalue weighted by molar-refractivity contribution is 0.0684. The van der Waals surface area contributed by atoms with Crippen molar-refractivity contribution >= 4 is 34.6 Å². The van der Waals surface area contributed by atoms with E-state index in [1.165, 1.54) is 0 Å². The molecule has 2 aromatic carbocycles. The number of aryl methyl sites for hydroxylation is 1. The van der Waals surface area contributed by atoms with Gasteiger partial charge in [0.2, 0.25) is 5.82 Å². The van der Waals surface area contributed by atoms with Crippen LogP contribution in [0.15, 0.2) is 42.5 Å².